The van der Waals surface area contributed by atoms with Crippen molar-refractivity contribution in [3.05, 3.63) is 58.6 Å². The zero-order valence-corrected chi connectivity index (χ0v) is 9.95. The first-order valence-corrected chi connectivity index (χ1v) is 5.52. The van der Waals surface area contributed by atoms with Gasteiger partial charge in [-0.1, -0.05) is 15.9 Å². The maximum Gasteiger partial charge on any atom is 0.130 e. The highest BCUT2D eigenvalue weighted by Gasteiger charge is 1.98. The molecule has 0 radical (unpaired) electrons. The summed E-state index contributed by atoms with van der Waals surface area (Å²) in [4.78, 5) is 4.00. The highest BCUT2D eigenvalue weighted by molar-refractivity contribution is 9.10. The highest BCUT2D eigenvalue weighted by Crippen LogP contribution is 2.17. The standard InChI is InChI=1S/C12H9BrFNO/c13-9-1-3-12(4-2-9)16-8-11-7-10(14)5-6-15-11/h1-7H,8H2. The van der Waals surface area contributed by atoms with Gasteiger partial charge < -0.3 is 4.74 Å². The van der Waals surface area contributed by atoms with E-state index in [1.165, 1.54) is 18.3 Å². The van der Waals surface area contributed by atoms with E-state index in [0.29, 0.717) is 5.69 Å². The summed E-state index contributed by atoms with van der Waals surface area (Å²) < 4.78 is 19.3. The normalized spacial score (nSPS) is 10.1. The molecule has 0 saturated carbocycles. The first-order chi connectivity index (χ1) is 7.74. The van der Waals surface area contributed by atoms with E-state index in [-0.39, 0.29) is 12.4 Å². The molecule has 82 valence electrons. The molecule has 2 aromatic rings. The molecular weight excluding hydrogens is 273 g/mol. The molecule has 0 fully saturated rings. The number of aromatic nitrogens is 1. The van der Waals surface area contributed by atoms with Crippen LogP contribution in [0.5, 0.6) is 5.75 Å². The van der Waals surface area contributed by atoms with Gasteiger partial charge in [-0.25, -0.2) is 4.39 Å². The lowest BCUT2D eigenvalue weighted by atomic mass is 10.3. The molecule has 0 aliphatic carbocycles. The van der Waals surface area contributed by atoms with Gasteiger partial charge in [0.05, 0.1) is 5.69 Å². The molecule has 0 saturated heterocycles. The third-order valence-electron chi connectivity index (χ3n) is 1.98. The van der Waals surface area contributed by atoms with E-state index in [1.807, 2.05) is 24.3 Å². The minimum atomic E-state index is -0.301. The van der Waals surface area contributed by atoms with Crippen molar-refractivity contribution >= 4 is 15.9 Å². The van der Waals surface area contributed by atoms with E-state index >= 15 is 0 Å². The van der Waals surface area contributed by atoms with Crippen LogP contribution in [0.25, 0.3) is 0 Å². The van der Waals surface area contributed by atoms with Crippen LogP contribution in [0, 0.1) is 5.82 Å². The molecule has 0 amide bonds. The maximum absolute atomic E-state index is 12.8. The van der Waals surface area contributed by atoms with Gasteiger partial charge in [0.25, 0.3) is 0 Å². The SMILES string of the molecule is Fc1ccnc(COc2ccc(Br)cc2)c1. The van der Waals surface area contributed by atoms with Crippen molar-refractivity contribution in [2.45, 2.75) is 6.61 Å². The van der Waals surface area contributed by atoms with Crippen molar-refractivity contribution in [1.29, 1.82) is 0 Å². The number of pyridine rings is 1. The fraction of sp³-hybridized carbons (Fsp3) is 0.0833. The number of halogens is 2. The quantitative estimate of drug-likeness (QED) is 0.858. The van der Waals surface area contributed by atoms with Crippen LogP contribution in [-0.4, -0.2) is 4.98 Å². The number of hydrogen-bond donors (Lipinski definition) is 0. The Morgan fingerprint density at radius 2 is 1.94 bits per heavy atom. The zero-order valence-electron chi connectivity index (χ0n) is 8.36. The monoisotopic (exact) mass is 281 g/mol. The van der Waals surface area contributed by atoms with Gasteiger partial charge in [-0.3, -0.25) is 4.98 Å². The molecule has 0 unspecified atom stereocenters. The van der Waals surface area contributed by atoms with Gasteiger partial charge in [-0.15, -0.1) is 0 Å². The first-order valence-electron chi connectivity index (χ1n) is 4.73. The van der Waals surface area contributed by atoms with E-state index in [2.05, 4.69) is 20.9 Å². The van der Waals surface area contributed by atoms with E-state index in [4.69, 9.17) is 4.74 Å². The molecule has 0 aliphatic rings. The van der Waals surface area contributed by atoms with Crippen LogP contribution in [0.3, 0.4) is 0 Å². The maximum atomic E-state index is 12.8. The molecule has 0 atom stereocenters. The van der Waals surface area contributed by atoms with Crippen molar-refractivity contribution < 1.29 is 9.13 Å². The van der Waals surface area contributed by atoms with Gasteiger partial charge in [0, 0.05) is 10.7 Å². The number of hydrogen-bond acceptors (Lipinski definition) is 2. The largest absolute Gasteiger partial charge is 0.487 e. The van der Waals surface area contributed by atoms with Crippen molar-refractivity contribution in [3.8, 4) is 5.75 Å². The Balaban J connectivity index is 1.99. The summed E-state index contributed by atoms with van der Waals surface area (Å²) in [5, 5.41) is 0. The second-order valence-electron chi connectivity index (χ2n) is 3.21. The van der Waals surface area contributed by atoms with E-state index in [0.717, 1.165) is 10.2 Å². The van der Waals surface area contributed by atoms with Crippen LogP contribution in [0.1, 0.15) is 5.69 Å². The van der Waals surface area contributed by atoms with Crippen molar-refractivity contribution in [1.82, 2.24) is 4.98 Å². The van der Waals surface area contributed by atoms with E-state index < -0.39 is 0 Å². The van der Waals surface area contributed by atoms with Crippen LogP contribution >= 0.6 is 15.9 Å². The molecule has 0 aliphatic heterocycles. The number of nitrogens with zero attached hydrogens (tertiary/aromatic N) is 1. The smallest absolute Gasteiger partial charge is 0.130 e. The Morgan fingerprint density at radius 3 is 2.62 bits per heavy atom. The summed E-state index contributed by atoms with van der Waals surface area (Å²) >= 11 is 3.33. The number of rotatable bonds is 3. The van der Waals surface area contributed by atoms with Gasteiger partial charge in [-0.05, 0) is 36.4 Å². The van der Waals surface area contributed by atoms with Gasteiger partial charge in [0.2, 0.25) is 0 Å². The van der Waals surface area contributed by atoms with Crippen molar-refractivity contribution in [2.75, 3.05) is 0 Å². The molecule has 2 nitrogen and oxygen atoms in total. The molecule has 2 rings (SSSR count). The number of benzene rings is 1. The van der Waals surface area contributed by atoms with Crippen molar-refractivity contribution in [3.63, 3.8) is 0 Å². The minimum absolute atomic E-state index is 0.263. The summed E-state index contributed by atoms with van der Waals surface area (Å²) in [6, 6.07) is 10.1. The molecule has 1 aromatic carbocycles. The molecule has 16 heavy (non-hydrogen) atoms. The Labute approximate surface area is 101 Å². The van der Waals surface area contributed by atoms with Crippen LogP contribution in [-0.2, 0) is 6.61 Å². The van der Waals surface area contributed by atoms with E-state index in [9.17, 15) is 4.39 Å². The molecule has 0 bridgehead atoms. The summed E-state index contributed by atoms with van der Waals surface area (Å²) in [5.74, 6) is 0.429. The molecule has 1 heterocycles. The fourth-order valence-electron chi connectivity index (χ4n) is 1.22. The fourth-order valence-corrected chi connectivity index (χ4v) is 1.48. The van der Waals surface area contributed by atoms with Crippen LogP contribution < -0.4 is 4.74 Å². The third kappa shape index (κ3) is 3.03. The molecule has 1 aromatic heterocycles. The van der Waals surface area contributed by atoms with Gasteiger partial charge >= 0.3 is 0 Å². The summed E-state index contributed by atoms with van der Waals surface area (Å²) in [6.07, 6.45) is 1.43. The van der Waals surface area contributed by atoms with Crippen LogP contribution in [0.2, 0.25) is 0 Å². The van der Waals surface area contributed by atoms with Gasteiger partial charge in [0.1, 0.15) is 18.2 Å². The summed E-state index contributed by atoms with van der Waals surface area (Å²) in [6.45, 7) is 0.263. The average molecular weight is 282 g/mol. The average Bonchev–Trinajstić information content (AvgIpc) is 2.28. The van der Waals surface area contributed by atoms with Gasteiger partial charge in [0.15, 0.2) is 0 Å². The summed E-state index contributed by atoms with van der Waals surface area (Å²) in [5.41, 5.74) is 0.572. The van der Waals surface area contributed by atoms with Crippen LogP contribution in [0.4, 0.5) is 4.39 Å². The van der Waals surface area contributed by atoms with Crippen molar-refractivity contribution in [2.24, 2.45) is 0 Å². The predicted molar refractivity (Wildman–Crippen MR) is 62.7 cm³/mol. The molecule has 4 heteroatoms. The lowest BCUT2D eigenvalue weighted by Crippen LogP contribution is -1.98. The molecular formula is C12H9BrFNO. The molecule has 0 N–H and O–H groups in total. The predicted octanol–water partition coefficient (Wildman–Crippen LogP) is 3.56. The van der Waals surface area contributed by atoms with Gasteiger partial charge in [-0.2, -0.15) is 0 Å². The third-order valence-corrected chi connectivity index (χ3v) is 2.51. The minimum Gasteiger partial charge on any atom is -0.487 e. The van der Waals surface area contributed by atoms with Crippen LogP contribution in [0.15, 0.2) is 47.1 Å². The topological polar surface area (TPSA) is 22.1 Å². The second-order valence-corrected chi connectivity index (χ2v) is 4.12. The zero-order chi connectivity index (χ0) is 11.4. The Bertz CT molecular complexity index is 473. The Hall–Kier alpha value is -1.42. The lowest BCUT2D eigenvalue weighted by Gasteiger charge is -2.05. The Morgan fingerprint density at radius 1 is 1.19 bits per heavy atom. The first kappa shape index (κ1) is 11.1. The summed E-state index contributed by atoms with van der Waals surface area (Å²) in [7, 11) is 0. The van der Waals surface area contributed by atoms with E-state index in [1.54, 1.807) is 0 Å². The number of ether oxygens (including phenoxy) is 1. The lowest BCUT2D eigenvalue weighted by molar-refractivity contribution is 0.300. The second kappa shape index (κ2) is 5.07. The molecule has 0 spiro atoms. The Kier molecular flexibility index (Phi) is 3.51. The highest BCUT2D eigenvalue weighted by atomic mass is 79.9.